The Hall–Kier alpha value is -4.31. The molecule has 2 N–H and O–H groups in total. The van der Waals surface area contributed by atoms with Gasteiger partial charge >= 0.3 is 6.18 Å². The van der Waals surface area contributed by atoms with E-state index in [2.05, 4.69) is 21.0 Å². The second-order valence-electron chi connectivity index (χ2n) is 12.6. The van der Waals surface area contributed by atoms with Gasteiger partial charge in [-0.25, -0.2) is 36.2 Å². The van der Waals surface area contributed by atoms with Gasteiger partial charge in [-0.3, -0.25) is 9.78 Å². The van der Waals surface area contributed by atoms with E-state index in [0.29, 0.717) is 17.5 Å². The maximum atomic E-state index is 14.8. The van der Waals surface area contributed by atoms with E-state index < -0.39 is 70.3 Å². The first kappa shape index (κ1) is 36.0. The summed E-state index contributed by atoms with van der Waals surface area (Å²) in [5.74, 6) is -11.9. The highest BCUT2D eigenvalue weighted by Gasteiger charge is 2.35. The summed E-state index contributed by atoms with van der Waals surface area (Å²) in [4.78, 5) is 25.5. The molecule has 1 saturated carbocycles. The van der Waals surface area contributed by atoms with Crippen molar-refractivity contribution < 1.29 is 39.9 Å². The zero-order chi connectivity index (χ0) is 35.8. The van der Waals surface area contributed by atoms with Crippen LogP contribution >= 0.6 is 11.9 Å². The second-order valence-corrected chi connectivity index (χ2v) is 13.7. The van der Waals surface area contributed by atoms with Gasteiger partial charge in [-0.15, -0.1) is 0 Å². The Labute approximate surface area is 280 Å². The fourth-order valence-electron chi connectivity index (χ4n) is 5.04. The van der Waals surface area contributed by atoms with E-state index in [0.717, 1.165) is 40.7 Å². The summed E-state index contributed by atoms with van der Waals surface area (Å²) in [6.45, 7) is 4.30. The lowest BCUT2D eigenvalue weighted by molar-refractivity contribution is -0.138. The summed E-state index contributed by atoms with van der Waals surface area (Å²) < 4.78 is 114. The molecular weight excluding hydrogens is 680 g/mol. The lowest BCUT2D eigenvalue weighted by Gasteiger charge is -2.28. The van der Waals surface area contributed by atoms with Gasteiger partial charge in [0.05, 0.1) is 36.7 Å². The minimum Gasteiger partial charge on any atom is -0.368 e. The number of anilines is 2. The number of nitrogen functional groups attached to an aromatic ring is 1. The van der Waals surface area contributed by atoms with Crippen LogP contribution in [0.2, 0.25) is 0 Å². The number of carbonyl (C=O) groups excluding carboxylic acids is 1. The number of carbonyl (C=O) groups is 1. The van der Waals surface area contributed by atoms with Crippen LogP contribution in [-0.2, 0) is 29.5 Å². The Balaban J connectivity index is 1.56. The van der Waals surface area contributed by atoms with Crippen LogP contribution in [-0.4, -0.2) is 31.7 Å². The van der Waals surface area contributed by atoms with Crippen LogP contribution < -0.4 is 10.6 Å². The maximum absolute atomic E-state index is 14.8. The molecule has 0 radical (unpaired) electrons. The van der Waals surface area contributed by atoms with Crippen molar-refractivity contribution in [3.8, 4) is 0 Å². The zero-order valence-corrected chi connectivity index (χ0v) is 27.2. The predicted molar refractivity (Wildman–Crippen MR) is 166 cm³/mol. The summed E-state index contributed by atoms with van der Waals surface area (Å²) in [5.41, 5.74) is 6.59. The van der Waals surface area contributed by atoms with Gasteiger partial charge in [0, 0.05) is 18.9 Å². The van der Waals surface area contributed by atoms with E-state index in [1.54, 1.807) is 0 Å². The average Bonchev–Trinajstić information content (AvgIpc) is 3.89. The van der Waals surface area contributed by atoms with Gasteiger partial charge in [-0.1, -0.05) is 39.0 Å². The van der Waals surface area contributed by atoms with Crippen molar-refractivity contribution in [1.29, 1.82) is 0 Å². The number of nitrogens with two attached hydrogens (primary N) is 1. The smallest absolute Gasteiger partial charge is 0.368 e. The summed E-state index contributed by atoms with van der Waals surface area (Å²) in [6, 6.07) is 6.62. The van der Waals surface area contributed by atoms with Gasteiger partial charge in [0.15, 0.2) is 23.3 Å². The van der Waals surface area contributed by atoms with Crippen molar-refractivity contribution in [2.24, 2.45) is 0 Å². The van der Waals surface area contributed by atoms with Crippen LogP contribution in [0.3, 0.4) is 0 Å². The summed E-state index contributed by atoms with van der Waals surface area (Å²) in [7, 11) is 0. The maximum Gasteiger partial charge on any atom is 0.416 e. The lowest BCUT2D eigenvalue weighted by Crippen LogP contribution is -2.38. The number of hydrogen-bond donors (Lipinski definition) is 1. The van der Waals surface area contributed by atoms with Gasteiger partial charge in [0.1, 0.15) is 4.90 Å². The van der Waals surface area contributed by atoms with Crippen LogP contribution in [0.25, 0.3) is 0 Å². The molecule has 0 unspecified atom stereocenters. The molecule has 4 aromatic rings. The quantitative estimate of drug-likeness (QED) is 0.0771. The Kier molecular flexibility index (Phi) is 10.2. The van der Waals surface area contributed by atoms with E-state index in [4.69, 9.17) is 5.73 Å². The van der Waals surface area contributed by atoms with Crippen molar-refractivity contribution in [1.82, 2.24) is 19.3 Å². The van der Waals surface area contributed by atoms with Gasteiger partial charge in [0.25, 0.3) is 0 Å². The number of pyridine rings is 1. The number of halogens is 8. The third-order valence-electron chi connectivity index (χ3n) is 7.80. The number of hydrogen-bond acceptors (Lipinski definition) is 7. The van der Waals surface area contributed by atoms with Gasteiger partial charge in [-0.05, 0) is 64.4 Å². The molecule has 0 bridgehead atoms. The minimum atomic E-state index is -4.89. The number of aromatic nitrogens is 3. The van der Waals surface area contributed by atoms with Crippen molar-refractivity contribution in [2.45, 2.75) is 69.1 Å². The third-order valence-corrected chi connectivity index (χ3v) is 8.86. The van der Waals surface area contributed by atoms with Gasteiger partial charge < -0.3 is 10.6 Å². The summed E-state index contributed by atoms with van der Waals surface area (Å²) in [5, 5.41) is 0. The molecule has 1 amide bonds. The van der Waals surface area contributed by atoms with Gasteiger partial charge in [0.2, 0.25) is 17.7 Å². The first-order valence-electron chi connectivity index (χ1n) is 14.9. The number of rotatable bonds is 10. The molecule has 5 rings (SSSR count). The number of nitrogens with zero attached hydrogens (tertiary/aromatic N) is 5. The largest absolute Gasteiger partial charge is 0.416 e. The van der Waals surface area contributed by atoms with E-state index in [9.17, 15) is 39.9 Å². The van der Waals surface area contributed by atoms with E-state index in [-0.39, 0.29) is 35.5 Å². The molecule has 1 fully saturated rings. The second kappa shape index (κ2) is 13.9. The van der Waals surface area contributed by atoms with Crippen LogP contribution in [0.1, 0.15) is 67.3 Å². The molecule has 1 aliphatic rings. The Morgan fingerprint density at radius 3 is 2.08 bits per heavy atom. The minimum absolute atomic E-state index is 0.0858. The first-order chi connectivity index (χ1) is 22.9. The van der Waals surface area contributed by atoms with Crippen LogP contribution in [0.4, 0.5) is 46.8 Å². The molecule has 0 atom stereocenters. The molecule has 0 aliphatic heterocycles. The molecule has 0 saturated heterocycles. The number of benzene rings is 2. The Morgan fingerprint density at radius 2 is 1.51 bits per heavy atom. The highest BCUT2D eigenvalue weighted by Crippen LogP contribution is 2.42. The van der Waals surface area contributed by atoms with Crippen molar-refractivity contribution in [3.63, 3.8) is 0 Å². The van der Waals surface area contributed by atoms with E-state index in [1.807, 2.05) is 32.9 Å². The molecule has 49 heavy (non-hydrogen) atoms. The average molecular weight is 711 g/mol. The molecule has 2 heterocycles. The van der Waals surface area contributed by atoms with E-state index >= 15 is 0 Å². The van der Waals surface area contributed by atoms with Crippen molar-refractivity contribution in [3.05, 3.63) is 106 Å². The summed E-state index contributed by atoms with van der Waals surface area (Å²) in [6.07, 6.45) is 1.32. The van der Waals surface area contributed by atoms with E-state index in [1.165, 1.54) is 17.3 Å². The molecule has 16 heteroatoms. The lowest BCUT2D eigenvalue weighted by atomic mass is 9.84. The van der Waals surface area contributed by atoms with Crippen molar-refractivity contribution in [2.75, 3.05) is 17.2 Å². The Bertz CT molecular complexity index is 1830. The van der Waals surface area contributed by atoms with Crippen LogP contribution in [0.15, 0.2) is 53.9 Å². The SMILES string of the molecule is CC(C)(C)c1cc(CN(C(=O)CN(Cc2cnccc2C(F)(F)F)Sc2c(F)c(F)c(F)c(F)c2F)c2cnc(N)nc2)cc(C2CC2)c1. The topological polar surface area (TPSA) is 88.2 Å². The fourth-order valence-corrected chi connectivity index (χ4v) is 6.02. The zero-order valence-electron chi connectivity index (χ0n) is 26.4. The molecule has 7 nitrogen and oxygen atoms in total. The number of alkyl halides is 3. The fraction of sp³-hybridized carbons (Fsp3) is 0.333. The van der Waals surface area contributed by atoms with Gasteiger partial charge in [-0.2, -0.15) is 13.2 Å². The molecule has 260 valence electrons. The molecule has 0 spiro atoms. The molecule has 2 aromatic heterocycles. The van der Waals surface area contributed by atoms with Crippen LogP contribution in [0.5, 0.6) is 0 Å². The Morgan fingerprint density at radius 1 is 0.898 bits per heavy atom. The third kappa shape index (κ3) is 8.29. The molecular formula is C33H30F8N6OS. The predicted octanol–water partition coefficient (Wildman–Crippen LogP) is 8.09. The van der Waals surface area contributed by atoms with Crippen molar-refractivity contribution >= 4 is 29.5 Å². The molecule has 1 aliphatic carbocycles. The monoisotopic (exact) mass is 710 g/mol. The van der Waals surface area contributed by atoms with Crippen LogP contribution in [0, 0.1) is 29.1 Å². The highest BCUT2D eigenvalue weighted by molar-refractivity contribution is 7.97. The summed E-state index contributed by atoms with van der Waals surface area (Å²) >= 11 is -0.0939. The first-order valence-corrected chi connectivity index (χ1v) is 15.7. The highest BCUT2D eigenvalue weighted by atomic mass is 32.2. The molecule has 2 aromatic carbocycles. The number of amides is 1. The standard InChI is InChI=1S/C33H30F8N6OS/c1-32(2,3)21-9-17(8-19(10-21)18-4-5-18)14-47(22-12-44-31(42)45-13-22)24(48)16-46(15-20-11-43-7-6-23(20)33(39,40)41)49-30-28(37)26(35)25(34)27(36)29(30)38/h6-13,18H,4-5,14-16H2,1-3H3,(H2,42,44,45). The normalized spacial score (nSPS) is 13.6.